The molecule has 1 aromatic rings. The van der Waals surface area contributed by atoms with Crippen LogP contribution in [0.3, 0.4) is 0 Å². The minimum Gasteiger partial charge on any atom is -0.394 e. The predicted octanol–water partition coefficient (Wildman–Crippen LogP) is -0.367. The van der Waals surface area contributed by atoms with E-state index in [1.807, 2.05) is 32.6 Å². The molecule has 4 atom stereocenters. The third kappa shape index (κ3) is 4.24. The summed E-state index contributed by atoms with van der Waals surface area (Å²) in [5, 5.41) is 28.9. The number of hydrogen-bond acceptors (Lipinski definition) is 7. The van der Waals surface area contributed by atoms with Crippen LogP contribution in [0.15, 0.2) is 22.1 Å². The van der Waals surface area contributed by atoms with Gasteiger partial charge in [0.05, 0.1) is 12.9 Å². The molecule has 1 aliphatic heterocycles. The summed E-state index contributed by atoms with van der Waals surface area (Å²) in [7, 11) is 0. The van der Waals surface area contributed by atoms with Crippen molar-refractivity contribution in [2.24, 2.45) is 4.99 Å². The molecule has 1 unspecified atom stereocenters. The first-order valence-corrected chi connectivity index (χ1v) is 8.29. The van der Waals surface area contributed by atoms with Gasteiger partial charge in [0.2, 0.25) is 0 Å². The molecule has 0 aliphatic carbocycles. The molecule has 3 N–H and O–H groups in total. The van der Waals surface area contributed by atoms with Gasteiger partial charge in [0.15, 0.2) is 12.0 Å². The molecule has 0 bridgehead atoms. The van der Waals surface area contributed by atoms with Crippen LogP contribution in [0.4, 0.5) is 5.82 Å². The van der Waals surface area contributed by atoms with Gasteiger partial charge in [-0.15, -0.1) is 0 Å². The molecule has 9 nitrogen and oxygen atoms in total. The summed E-state index contributed by atoms with van der Waals surface area (Å²) in [4.78, 5) is 22.3. The Balaban J connectivity index is 2.20. The van der Waals surface area contributed by atoms with E-state index in [1.54, 1.807) is 6.34 Å². The Labute approximate surface area is 146 Å². The number of rotatable bonds is 6. The topological polar surface area (TPSA) is 120 Å². The molecule has 1 aromatic heterocycles. The summed E-state index contributed by atoms with van der Waals surface area (Å²) in [6.07, 6.45) is -1.61. The van der Waals surface area contributed by atoms with E-state index in [0.29, 0.717) is 0 Å². The first-order chi connectivity index (χ1) is 11.8. The van der Waals surface area contributed by atoms with Gasteiger partial charge in [0.25, 0.3) is 0 Å². The zero-order valence-corrected chi connectivity index (χ0v) is 14.9. The van der Waals surface area contributed by atoms with Gasteiger partial charge in [0, 0.05) is 18.3 Å². The first kappa shape index (κ1) is 19.5. The second kappa shape index (κ2) is 8.05. The number of nitrogens with zero attached hydrogens (tertiary/aromatic N) is 4. The molecule has 2 rings (SSSR count). The summed E-state index contributed by atoms with van der Waals surface area (Å²) in [5.41, 5.74) is -0.662. The van der Waals surface area contributed by atoms with E-state index < -0.39 is 36.8 Å². The SMILES string of the molecule is CC(C)N(C=Nc1ccn([C@@H]2O[C@H](CO)[C@H](O)C2O)c(=O)n1)C(C)C. The van der Waals surface area contributed by atoms with Crippen LogP contribution in [-0.2, 0) is 4.74 Å². The highest BCUT2D eigenvalue weighted by Gasteiger charge is 2.43. The smallest absolute Gasteiger partial charge is 0.351 e. The van der Waals surface area contributed by atoms with Crippen LogP contribution < -0.4 is 5.69 Å². The van der Waals surface area contributed by atoms with E-state index >= 15 is 0 Å². The highest BCUT2D eigenvalue weighted by atomic mass is 16.6. The molecule has 0 aromatic carbocycles. The van der Waals surface area contributed by atoms with Crippen molar-refractivity contribution in [2.45, 2.75) is 64.3 Å². The largest absolute Gasteiger partial charge is 0.394 e. The zero-order valence-electron chi connectivity index (χ0n) is 14.9. The molecule has 1 aliphatic rings. The normalized spacial score (nSPS) is 26.9. The summed E-state index contributed by atoms with van der Waals surface area (Å²) in [6.45, 7) is 7.70. The average Bonchev–Trinajstić information content (AvgIpc) is 2.82. The standard InChI is InChI=1S/C16H26N4O5/c1-9(2)20(10(3)4)8-17-12-5-6-19(16(24)18-12)15-14(23)13(22)11(7-21)25-15/h5-6,8-11,13-15,21-23H,7H2,1-4H3/t11-,13+,14?,15-/m1/s1. The zero-order chi connectivity index (χ0) is 18.7. The van der Waals surface area contributed by atoms with Gasteiger partial charge in [-0.25, -0.2) is 9.79 Å². The van der Waals surface area contributed by atoms with Crippen LogP contribution in [-0.4, -0.2) is 73.1 Å². The van der Waals surface area contributed by atoms with E-state index in [-0.39, 0.29) is 17.9 Å². The van der Waals surface area contributed by atoms with Crippen LogP contribution in [0.1, 0.15) is 33.9 Å². The van der Waals surface area contributed by atoms with Gasteiger partial charge >= 0.3 is 5.69 Å². The predicted molar refractivity (Wildman–Crippen MR) is 91.8 cm³/mol. The minimum absolute atomic E-state index is 0.235. The number of aliphatic hydroxyl groups excluding tert-OH is 3. The lowest BCUT2D eigenvalue weighted by Gasteiger charge is -2.28. The molecule has 140 valence electrons. The number of aliphatic imine (C=N–C) groups is 1. The summed E-state index contributed by atoms with van der Waals surface area (Å²) in [6, 6.07) is 2.02. The van der Waals surface area contributed by atoms with Crippen molar-refractivity contribution in [3.8, 4) is 0 Å². The van der Waals surface area contributed by atoms with Crippen molar-refractivity contribution in [3.63, 3.8) is 0 Å². The molecule has 0 radical (unpaired) electrons. The molecule has 0 amide bonds. The van der Waals surface area contributed by atoms with E-state index in [2.05, 4.69) is 9.98 Å². The molecular weight excluding hydrogens is 328 g/mol. The highest BCUT2D eigenvalue weighted by molar-refractivity contribution is 5.60. The third-order valence-corrected chi connectivity index (χ3v) is 4.12. The Hall–Kier alpha value is -1.81. The summed E-state index contributed by atoms with van der Waals surface area (Å²) < 4.78 is 6.40. The Kier molecular flexibility index (Phi) is 6.28. The molecule has 1 saturated heterocycles. The van der Waals surface area contributed by atoms with E-state index in [1.165, 1.54) is 12.3 Å². The molecule has 0 saturated carbocycles. The molecular formula is C16H26N4O5. The monoisotopic (exact) mass is 354 g/mol. The van der Waals surface area contributed by atoms with Crippen LogP contribution in [0.2, 0.25) is 0 Å². The fraction of sp³-hybridized carbons (Fsp3) is 0.688. The lowest BCUT2D eigenvalue weighted by Crippen LogP contribution is -2.36. The highest BCUT2D eigenvalue weighted by Crippen LogP contribution is 2.28. The maximum absolute atomic E-state index is 12.2. The lowest BCUT2D eigenvalue weighted by molar-refractivity contribution is -0.0549. The Morgan fingerprint density at radius 2 is 1.96 bits per heavy atom. The number of aliphatic hydroxyl groups is 3. The molecule has 25 heavy (non-hydrogen) atoms. The van der Waals surface area contributed by atoms with Crippen molar-refractivity contribution < 1.29 is 20.1 Å². The van der Waals surface area contributed by atoms with Crippen molar-refractivity contribution in [2.75, 3.05) is 6.61 Å². The van der Waals surface area contributed by atoms with Gasteiger partial charge in [-0.3, -0.25) is 4.57 Å². The van der Waals surface area contributed by atoms with Crippen LogP contribution in [0.5, 0.6) is 0 Å². The number of hydrogen-bond donors (Lipinski definition) is 3. The van der Waals surface area contributed by atoms with Gasteiger partial charge in [-0.2, -0.15) is 4.98 Å². The maximum atomic E-state index is 12.2. The summed E-state index contributed by atoms with van der Waals surface area (Å²) in [5.74, 6) is 0.235. The second-order valence-corrected chi connectivity index (χ2v) is 6.58. The lowest BCUT2D eigenvalue weighted by atomic mass is 10.1. The van der Waals surface area contributed by atoms with Crippen molar-refractivity contribution in [3.05, 3.63) is 22.7 Å². The fourth-order valence-corrected chi connectivity index (χ4v) is 2.77. The van der Waals surface area contributed by atoms with Crippen LogP contribution in [0, 0.1) is 0 Å². The second-order valence-electron chi connectivity index (χ2n) is 6.58. The number of ether oxygens (including phenoxy) is 1. The Bertz CT molecular complexity index is 652. The molecule has 1 fully saturated rings. The van der Waals surface area contributed by atoms with Crippen LogP contribution >= 0.6 is 0 Å². The van der Waals surface area contributed by atoms with Gasteiger partial charge in [-0.05, 0) is 33.8 Å². The quantitative estimate of drug-likeness (QED) is 0.471. The maximum Gasteiger partial charge on any atom is 0.351 e. The average molecular weight is 354 g/mol. The van der Waals surface area contributed by atoms with Crippen LogP contribution in [0.25, 0.3) is 0 Å². The van der Waals surface area contributed by atoms with E-state index in [0.717, 1.165) is 4.57 Å². The Morgan fingerprint density at radius 1 is 1.32 bits per heavy atom. The first-order valence-electron chi connectivity index (χ1n) is 8.29. The molecule has 0 spiro atoms. The van der Waals surface area contributed by atoms with Gasteiger partial charge < -0.3 is 25.0 Å². The minimum atomic E-state index is -1.33. The Morgan fingerprint density at radius 3 is 2.44 bits per heavy atom. The van der Waals surface area contributed by atoms with Gasteiger partial charge in [-0.1, -0.05) is 0 Å². The molecule has 9 heteroatoms. The van der Waals surface area contributed by atoms with Crippen molar-refractivity contribution in [1.82, 2.24) is 14.5 Å². The van der Waals surface area contributed by atoms with E-state index in [4.69, 9.17) is 9.84 Å². The van der Waals surface area contributed by atoms with E-state index in [9.17, 15) is 15.0 Å². The van der Waals surface area contributed by atoms with Gasteiger partial charge in [0.1, 0.15) is 18.3 Å². The third-order valence-electron chi connectivity index (χ3n) is 4.12. The molecule has 2 heterocycles. The number of aromatic nitrogens is 2. The van der Waals surface area contributed by atoms with Crippen molar-refractivity contribution >= 4 is 12.2 Å². The fourth-order valence-electron chi connectivity index (χ4n) is 2.77. The van der Waals surface area contributed by atoms with Crippen molar-refractivity contribution in [1.29, 1.82) is 0 Å². The summed E-state index contributed by atoms with van der Waals surface area (Å²) >= 11 is 0.